The summed E-state index contributed by atoms with van der Waals surface area (Å²) in [5, 5.41) is 2.69. The SMILES string of the molecule is Cc1cc2ccccc2[cH-]1.[Cl-].[Cl-].[Cr+3]. The predicted molar refractivity (Wildman–Crippen MR) is 44.3 cm³/mol. The Morgan fingerprint density at radius 2 is 1.69 bits per heavy atom. The van der Waals surface area contributed by atoms with Crippen molar-refractivity contribution >= 4 is 10.8 Å². The van der Waals surface area contributed by atoms with Crippen LogP contribution in [0.3, 0.4) is 0 Å². The van der Waals surface area contributed by atoms with Crippen LogP contribution in [0.2, 0.25) is 0 Å². The minimum atomic E-state index is 0. The van der Waals surface area contributed by atoms with Gasteiger partial charge in [0.2, 0.25) is 0 Å². The molecule has 0 heterocycles. The molecule has 3 heteroatoms. The molecular formula is C10H9Cl2Cr. The number of benzene rings is 1. The first-order valence-electron chi connectivity index (χ1n) is 3.48. The van der Waals surface area contributed by atoms with Gasteiger partial charge in [0.1, 0.15) is 0 Å². The summed E-state index contributed by atoms with van der Waals surface area (Å²) < 4.78 is 0. The summed E-state index contributed by atoms with van der Waals surface area (Å²) in [6.45, 7) is 2.12. The monoisotopic (exact) mass is 251 g/mol. The molecule has 0 aromatic heterocycles. The molecule has 2 aromatic rings. The molecule has 0 aliphatic carbocycles. The third kappa shape index (κ3) is 3.29. The Hall–Kier alpha value is -0.0575. The normalized spacial score (nSPS) is 8.08. The van der Waals surface area contributed by atoms with Gasteiger partial charge in [-0.1, -0.05) is 13.0 Å². The van der Waals surface area contributed by atoms with Crippen LogP contribution in [0.25, 0.3) is 10.8 Å². The van der Waals surface area contributed by atoms with Crippen molar-refractivity contribution in [1.29, 1.82) is 0 Å². The molecule has 0 atom stereocenters. The molecule has 69 valence electrons. The van der Waals surface area contributed by atoms with Crippen molar-refractivity contribution in [2.45, 2.75) is 6.92 Å². The van der Waals surface area contributed by atoms with Crippen molar-refractivity contribution in [3.63, 3.8) is 0 Å². The van der Waals surface area contributed by atoms with Crippen LogP contribution in [0.1, 0.15) is 5.56 Å². The summed E-state index contributed by atoms with van der Waals surface area (Å²) in [7, 11) is 0. The largest absolute Gasteiger partial charge is 3.00 e. The molecule has 0 fully saturated rings. The van der Waals surface area contributed by atoms with Crippen LogP contribution >= 0.6 is 0 Å². The van der Waals surface area contributed by atoms with E-state index in [9.17, 15) is 0 Å². The van der Waals surface area contributed by atoms with Crippen molar-refractivity contribution in [2.75, 3.05) is 0 Å². The molecule has 0 saturated heterocycles. The third-order valence-electron chi connectivity index (χ3n) is 1.76. The fourth-order valence-corrected chi connectivity index (χ4v) is 1.31. The first-order valence-corrected chi connectivity index (χ1v) is 3.48. The molecule has 0 aliphatic heterocycles. The second kappa shape index (κ2) is 6.40. The molecule has 0 N–H and O–H groups in total. The molecular weight excluding hydrogens is 243 g/mol. The zero-order valence-electron chi connectivity index (χ0n) is 7.13. The van der Waals surface area contributed by atoms with E-state index < -0.39 is 0 Å². The molecule has 13 heavy (non-hydrogen) atoms. The van der Waals surface area contributed by atoms with Crippen LogP contribution in [-0.2, 0) is 17.4 Å². The van der Waals surface area contributed by atoms with Crippen molar-refractivity contribution in [3.8, 4) is 0 Å². The van der Waals surface area contributed by atoms with E-state index in [0.717, 1.165) is 0 Å². The Labute approximate surface area is 102 Å². The Balaban J connectivity index is 0. The van der Waals surface area contributed by atoms with Crippen LogP contribution < -0.4 is 24.8 Å². The van der Waals surface area contributed by atoms with Crippen LogP contribution in [-0.4, -0.2) is 0 Å². The van der Waals surface area contributed by atoms with Gasteiger partial charge < -0.3 is 24.8 Å². The van der Waals surface area contributed by atoms with Gasteiger partial charge in [0.25, 0.3) is 0 Å². The summed E-state index contributed by atoms with van der Waals surface area (Å²) >= 11 is 0. The molecule has 0 aliphatic rings. The Morgan fingerprint density at radius 1 is 1.08 bits per heavy atom. The standard InChI is InChI=1S/C10H9.2ClH.Cr/c1-8-6-9-4-2-3-5-10(9)7-8;;;/h2-7H,1H3;2*1H;/q-1;;;+3/p-2. The molecule has 1 radical (unpaired) electrons. The van der Waals surface area contributed by atoms with Gasteiger partial charge in [-0.15, -0.1) is 40.6 Å². The van der Waals surface area contributed by atoms with E-state index in [4.69, 9.17) is 0 Å². The van der Waals surface area contributed by atoms with Crippen molar-refractivity contribution in [3.05, 3.63) is 42.0 Å². The van der Waals surface area contributed by atoms with Gasteiger partial charge in [-0.3, -0.25) is 0 Å². The maximum Gasteiger partial charge on any atom is 3.00 e. The smallest absolute Gasteiger partial charge is 1.00 e. The summed E-state index contributed by atoms with van der Waals surface area (Å²) in [4.78, 5) is 0. The van der Waals surface area contributed by atoms with Gasteiger partial charge in [0.15, 0.2) is 0 Å². The fraction of sp³-hybridized carbons (Fsp3) is 0.100. The van der Waals surface area contributed by atoms with Crippen LogP contribution in [0, 0.1) is 6.92 Å². The van der Waals surface area contributed by atoms with Gasteiger partial charge in [0, 0.05) is 0 Å². The topological polar surface area (TPSA) is 0 Å². The second-order valence-electron chi connectivity index (χ2n) is 2.66. The molecule has 0 unspecified atom stereocenters. The fourth-order valence-electron chi connectivity index (χ4n) is 1.31. The summed E-state index contributed by atoms with van der Waals surface area (Å²) in [6, 6.07) is 12.8. The van der Waals surface area contributed by atoms with E-state index in [-0.39, 0.29) is 42.2 Å². The summed E-state index contributed by atoms with van der Waals surface area (Å²) in [5.74, 6) is 0. The number of aryl methyl sites for hydroxylation is 1. The van der Waals surface area contributed by atoms with E-state index in [1.807, 2.05) is 0 Å². The molecule has 0 amide bonds. The zero-order chi connectivity index (χ0) is 6.97. The van der Waals surface area contributed by atoms with Crippen molar-refractivity contribution < 1.29 is 42.2 Å². The average molecular weight is 252 g/mol. The number of hydrogen-bond donors (Lipinski definition) is 0. The summed E-state index contributed by atoms with van der Waals surface area (Å²) in [5.41, 5.74) is 1.35. The number of halogens is 2. The number of fused-ring (bicyclic) bond motifs is 1. The molecule has 0 bridgehead atoms. The second-order valence-corrected chi connectivity index (χ2v) is 2.66. The maximum atomic E-state index is 2.20. The predicted octanol–water partition coefficient (Wildman–Crippen LogP) is -3.13. The molecule has 0 saturated carbocycles. The van der Waals surface area contributed by atoms with E-state index in [0.29, 0.717) is 0 Å². The summed E-state index contributed by atoms with van der Waals surface area (Å²) in [6.07, 6.45) is 0. The van der Waals surface area contributed by atoms with E-state index >= 15 is 0 Å². The van der Waals surface area contributed by atoms with Gasteiger partial charge in [0.05, 0.1) is 0 Å². The first kappa shape index (κ1) is 15.4. The van der Waals surface area contributed by atoms with Gasteiger partial charge in [-0.2, -0.15) is 6.07 Å². The van der Waals surface area contributed by atoms with Gasteiger partial charge in [-0.25, -0.2) is 0 Å². The van der Waals surface area contributed by atoms with Crippen LogP contribution in [0.4, 0.5) is 0 Å². The minimum absolute atomic E-state index is 0. The van der Waals surface area contributed by atoms with Crippen molar-refractivity contribution in [2.24, 2.45) is 0 Å². The van der Waals surface area contributed by atoms with E-state index in [1.165, 1.54) is 16.3 Å². The molecule has 0 spiro atoms. The van der Waals surface area contributed by atoms with Crippen molar-refractivity contribution in [1.82, 2.24) is 0 Å². The molecule has 0 nitrogen and oxygen atoms in total. The maximum absolute atomic E-state index is 2.20. The zero-order valence-corrected chi connectivity index (χ0v) is 9.92. The Morgan fingerprint density at radius 3 is 2.31 bits per heavy atom. The third-order valence-corrected chi connectivity index (χ3v) is 1.76. The van der Waals surface area contributed by atoms with E-state index in [2.05, 4.69) is 43.3 Å². The number of rotatable bonds is 0. The Bertz CT molecular complexity index is 321. The number of hydrogen-bond acceptors (Lipinski definition) is 0. The molecule has 2 aromatic carbocycles. The Kier molecular flexibility index (Phi) is 7.59. The first-order chi connectivity index (χ1) is 4.86. The van der Waals surface area contributed by atoms with Crippen LogP contribution in [0.5, 0.6) is 0 Å². The minimum Gasteiger partial charge on any atom is -1.00 e. The van der Waals surface area contributed by atoms with Crippen LogP contribution in [0.15, 0.2) is 36.4 Å². The van der Waals surface area contributed by atoms with E-state index in [1.54, 1.807) is 0 Å². The molecule has 2 rings (SSSR count). The van der Waals surface area contributed by atoms with Gasteiger partial charge >= 0.3 is 17.4 Å². The average Bonchev–Trinajstić information content (AvgIpc) is 2.27. The quantitative estimate of drug-likeness (QED) is 0.435. The van der Waals surface area contributed by atoms with Gasteiger partial charge in [-0.05, 0) is 0 Å².